The Morgan fingerprint density at radius 2 is 1.72 bits per heavy atom. The number of aliphatic hydroxyl groups is 2. The van der Waals surface area contributed by atoms with Gasteiger partial charge in [-0.05, 0) is 117 Å². The molecule has 2 bridgehead atoms. The first-order valence-electron chi connectivity index (χ1n) is 19.1. The van der Waals surface area contributed by atoms with E-state index in [4.69, 9.17) is 11.6 Å². The molecule has 0 spiro atoms. The van der Waals surface area contributed by atoms with E-state index in [1.54, 1.807) is 30.3 Å². The summed E-state index contributed by atoms with van der Waals surface area (Å²) in [5.41, 5.74) is 1.58. The first-order valence-corrected chi connectivity index (χ1v) is 19.5. The Labute approximate surface area is 335 Å². The highest BCUT2D eigenvalue weighted by Gasteiger charge is 2.57. The maximum absolute atomic E-state index is 15.0. The number of rotatable bonds is 9. The van der Waals surface area contributed by atoms with Crippen molar-refractivity contribution in [1.29, 1.82) is 0 Å². The van der Waals surface area contributed by atoms with E-state index in [1.807, 2.05) is 32.0 Å². The summed E-state index contributed by atoms with van der Waals surface area (Å²) < 4.78 is 57.8. The molecule has 0 unspecified atom stereocenters. The Balaban J connectivity index is 1.39. The van der Waals surface area contributed by atoms with Gasteiger partial charge < -0.3 is 25.2 Å². The molecule has 7 nitrogen and oxygen atoms in total. The summed E-state index contributed by atoms with van der Waals surface area (Å²) in [7, 11) is 0. The number of allylic oxidation sites excluding steroid dienone is 2. The number of nitrogens with one attached hydrogen (secondary N) is 1. The van der Waals surface area contributed by atoms with E-state index in [9.17, 15) is 37.4 Å². The Morgan fingerprint density at radius 1 is 0.982 bits per heavy atom. The zero-order valence-electron chi connectivity index (χ0n) is 31.9. The molecule has 7 rings (SSSR count). The van der Waals surface area contributed by atoms with Crippen LogP contribution in [0.2, 0.25) is 5.02 Å². The Hall–Kier alpha value is -4.71. The first kappa shape index (κ1) is 41.9. The number of ketones is 1. The van der Waals surface area contributed by atoms with Crippen molar-refractivity contribution >= 4 is 29.1 Å². The van der Waals surface area contributed by atoms with Crippen LogP contribution in [0.4, 0.5) is 28.0 Å². The van der Waals surface area contributed by atoms with E-state index in [0.717, 1.165) is 11.1 Å². The summed E-state index contributed by atoms with van der Waals surface area (Å²) in [6.07, 6.45) is -0.453. The largest absolute Gasteiger partial charge is 0.573 e. The molecule has 12 heteroatoms. The zero-order valence-corrected chi connectivity index (χ0v) is 32.7. The van der Waals surface area contributed by atoms with Crippen LogP contribution >= 0.6 is 11.6 Å². The van der Waals surface area contributed by atoms with Gasteiger partial charge in [0.05, 0.1) is 18.2 Å². The lowest BCUT2D eigenvalue weighted by molar-refractivity contribution is -0.274. The third kappa shape index (κ3) is 10.1. The monoisotopic (exact) mass is 806 g/mol. The number of halogens is 5. The topological polar surface area (TPSA) is 99.1 Å². The van der Waals surface area contributed by atoms with Crippen molar-refractivity contribution in [3.8, 4) is 5.75 Å². The predicted molar refractivity (Wildman–Crippen MR) is 212 cm³/mol. The minimum Gasteiger partial charge on any atom is -0.406 e. The van der Waals surface area contributed by atoms with Crippen molar-refractivity contribution in [2.75, 3.05) is 11.9 Å². The van der Waals surface area contributed by atoms with Crippen LogP contribution < -0.4 is 10.1 Å². The number of para-hydroxylation sites is 1. The summed E-state index contributed by atoms with van der Waals surface area (Å²) in [6.45, 7) is 3.81. The molecule has 1 fully saturated rings. The fourth-order valence-electron chi connectivity index (χ4n) is 8.45. The van der Waals surface area contributed by atoms with Crippen LogP contribution in [-0.4, -0.2) is 51.5 Å². The molecule has 0 aromatic heterocycles. The normalized spacial score (nSPS) is 22.6. The van der Waals surface area contributed by atoms with Gasteiger partial charge in [0.2, 0.25) is 0 Å². The third-order valence-corrected chi connectivity index (χ3v) is 12.0. The van der Waals surface area contributed by atoms with E-state index in [1.165, 1.54) is 47.4 Å². The molecule has 3 aliphatic carbocycles. The summed E-state index contributed by atoms with van der Waals surface area (Å²) in [5, 5.41) is 27.0. The molecule has 57 heavy (non-hydrogen) atoms. The minimum atomic E-state index is -4.86. The molecule has 3 N–H and O–H groups in total. The van der Waals surface area contributed by atoms with Gasteiger partial charge in [0, 0.05) is 40.2 Å². The average Bonchev–Trinajstić information content (AvgIpc) is 3.41. The SMILES string of the molecule is CC1=CCC[C@@]2(C)[C@@H](CC[C@@]2(O)CN(Cc2ccc(OC(F)(F)F)cc2)C(=O)Nc2ccccc2)c2ccc(cc2C(=O)Cc2c(F)cccc2Cl)C[C@@H](O)CC1. The lowest BCUT2D eigenvalue weighted by Crippen LogP contribution is -2.54. The number of anilines is 1. The van der Waals surface area contributed by atoms with Crippen molar-refractivity contribution in [3.05, 3.63) is 141 Å². The number of amides is 2. The molecule has 302 valence electrons. The Bertz CT molecular complexity index is 2070. The number of fused-ring (bicyclic) bond motifs is 8. The predicted octanol–water partition coefficient (Wildman–Crippen LogP) is 10.6. The Morgan fingerprint density at radius 3 is 2.42 bits per heavy atom. The second-order valence-corrected chi connectivity index (χ2v) is 16.0. The van der Waals surface area contributed by atoms with Gasteiger partial charge in [-0.15, -0.1) is 13.2 Å². The average molecular weight is 807 g/mol. The van der Waals surface area contributed by atoms with Crippen molar-refractivity contribution in [2.24, 2.45) is 5.41 Å². The van der Waals surface area contributed by atoms with Crippen molar-refractivity contribution in [1.82, 2.24) is 4.90 Å². The number of hydrogen-bond donors (Lipinski definition) is 3. The van der Waals surface area contributed by atoms with Crippen LogP contribution in [0.5, 0.6) is 5.75 Å². The summed E-state index contributed by atoms with van der Waals surface area (Å²) in [5.74, 6) is -1.73. The van der Waals surface area contributed by atoms with Crippen LogP contribution in [0, 0.1) is 11.2 Å². The van der Waals surface area contributed by atoms with Gasteiger partial charge in [-0.2, -0.15) is 0 Å². The van der Waals surface area contributed by atoms with Gasteiger partial charge in [0.1, 0.15) is 11.6 Å². The smallest absolute Gasteiger partial charge is 0.406 e. The number of urea groups is 1. The molecule has 0 radical (unpaired) electrons. The van der Waals surface area contributed by atoms with Crippen LogP contribution in [-0.2, 0) is 19.4 Å². The van der Waals surface area contributed by atoms with Gasteiger partial charge in [0.15, 0.2) is 5.78 Å². The molecule has 4 atom stereocenters. The number of benzene rings is 4. The second-order valence-electron chi connectivity index (χ2n) is 15.6. The summed E-state index contributed by atoms with van der Waals surface area (Å²) in [6, 6.07) is 23.3. The highest BCUT2D eigenvalue weighted by atomic mass is 35.5. The number of ether oxygens (including phenoxy) is 1. The summed E-state index contributed by atoms with van der Waals surface area (Å²) in [4.78, 5) is 29.9. The number of nitrogens with zero attached hydrogens (tertiary/aromatic N) is 1. The molecule has 4 aromatic carbocycles. The van der Waals surface area contributed by atoms with Crippen molar-refractivity contribution < 1.29 is 42.1 Å². The van der Waals surface area contributed by atoms with Gasteiger partial charge in [-0.1, -0.05) is 78.7 Å². The third-order valence-electron chi connectivity index (χ3n) is 11.7. The molecule has 4 aromatic rings. The molecule has 0 saturated heterocycles. The van der Waals surface area contributed by atoms with Crippen molar-refractivity contribution in [2.45, 2.75) is 95.7 Å². The van der Waals surface area contributed by atoms with E-state index >= 15 is 0 Å². The van der Waals surface area contributed by atoms with E-state index < -0.39 is 41.1 Å². The van der Waals surface area contributed by atoms with Gasteiger partial charge >= 0.3 is 12.4 Å². The van der Waals surface area contributed by atoms with Crippen LogP contribution in [0.15, 0.2) is 103 Å². The molecule has 0 heterocycles. The molecular weight excluding hydrogens is 760 g/mol. The van der Waals surface area contributed by atoms with E-state index in [-0.39, 0.29) is 48.2 Å². The maximum atomic E-state index is 15.0. The molecule has 3 aliphatic rings. The summed E-state index contributed by atoms with van der Waals surface area (Å²) >= 11 is 6.37. The van der Waals surface area contributed by atoms with Gasteiger partial charge in [0.25, 0.3) is 0 Å². The van der Waals surface area contributed by atoms with Gasteiger partial charge in [-0.25, -0.2) is 9.18 Å². The van der Waals surface area contributed by atoms with Crippen LogP contribution in [0.25, 0.3) is 0 Å². The quantitative estimate of drug-likeness (QED) is 0.0889. The maximum Gasteiger partial charge on any atom is 0.573 e. The molecule has 0 aliphatic heterocycles. The highest BCUT2D eigenvalue weighted by molar-refractivity contribution is 6.31. The number of Topliss-reactive ketones (excluding diaryl/α,β-unsaturated/α-hetero) is 1. The zero-order chi connectivity index (χ0) is 41.0. The van der Waals surface area contributed by atoms with E-state index in [2.05, 4.69) is 16.1 Å². The lowest BCUT2D eigenvalue weighted by atomic mass is 9.64. The number of alkyl halides is 3. The van der Waals surface area contributed by atoms with Gasteiger partial charge in [-0.3, -0.25) is 4.79 Å². The molecular formula is C45H47ClF4N2O5. The standard InChI is InChI=1S/C45H47ClF4N2O5/c1-29-8-7-22-43(2)38(35-20-16-31(24-33(53)17-13-29)25-36(35)41(54)26-37-39(46)11-6-12-40(37)47)21-23-44(43,56)28-52(42(55)51-32-9-4-3-5-10-32)27-30-14-18-34(19-15-30)57-45(48,49)50/h3-6,8-12,14-16,18-20,25,33,38,53,56H,7,13,17,21-24,26-28H2,1-2H3,(H,51,55)/t33-,38-,43-,44+/m0/s1. The van der Waals surface area contributed by atoms with Crippen LogP contribution in [0.1, 0.15) is 90.9 Å². The first-order chi connectivity index (χ1) is 27.0. The fraction of sp³-hybridized carbons (Fsp3) is 0.378. The molecule has 1 saturated carbocycles. The minimum absolute atomic E-state index is 0.0445. The fourth-order valence-corrected chi connectivity index (χ4v) is 8.68. The lowest BCUT2D eigenvalue weighted by Gasteiger charge is -2.46. The Kier molecular flexibility index (Phi) is 12.8. The highest BCUT2D eigenvalue weighted by Crippen LogP contribution is 2.59. The van der Waals surface area contributed by atoms with Crippen LogP contribution in [0.3, 0.4) is 0 Å². The number of carbonyl (C=O) groups is 2. The second kappa shape index (κ2) is 17.4. The molecule has 2 amide bonds. The van der Waals surface area contributed by atoms with E-state index in [0.29, 0.717) is 60.9 Å². The number of carbonyl (C=O) groups excluding carboxylic acids is 2. The van der Waals surface area contributed by atoms with Crippen molar-refractivity contribution in [3.63, 3.8) is 0 Å². The number of aliphatic hydroxyl groups excluding tert-OH is 1. The number of hydrogen-bond acceptors (Lipinski definition) is 5.